The summed E-state index contributed by atoms with van der Waals surface area (Å²) in [5, 5.41) is 0. The number of nitrogens with zero attached hydrogens (tertiary/aromatic N) is 1. The smallest absolute Gasteiger partial charge is 0.259 e. The lowest BCUT2D eigenvalue weighted by atomic mass is 10.1. The molecular weight excluding hydrogens is 190 g/mol. The van der Waals surface area contributed by atoms with Gasteiger partial charge in [-0.3, -0.25) is 4.79 Å². The number of hydrogen-bond donors (Lipinski definition) is 0. The topological polar surface area (TPSA) is 29.5 Å². The highest BCUT2D eigenvalue weighted by Gasteiger charge is 2.08. The molecule has 3 nitrogen and oxygen atoms in total. The maximum absolute atomic E-state index is 11.3. The molecule has 0 aliphatic carbocycles. The minimum atomic E-state index is -0.0300. The first-order chi connectivity index (χ1) is 7.02. The lowest BCUT2D eigenvalue weighted by Crippen LogP contribution is -2.27. The Kier molecular flexibility index (Phi) is 3.72. The predicted molar refractivity (Wildman–Crippen MR) is 60.1 cm³/mol. The van der Waals surface area contributed by atoms with Crippen molar-refractivity contribution in [2.45, 2.75) is 13.8 Å². The Morgan fingerprint density at radius 1 is 1.27 bits per heavy atom. The van der Waals surface area contributed by atoms with E-state index in [1.165, 1.54) is 4.90 Å². The van der Waals surface area contributed by atoms with Gasteiger partial charge in [-0.25, -0.2) is 0 Å². The van der Waals surface area contributed by atoms with Gasteiger partial charge in [0.2, 0.25) is 0 Å². The summed E-state index contributed by atoms with van der Waals surface area (Å²) < 4.78 is 5.50. The summed E-state index contributed by atoms with van der Waals surface area (Å²) in [6.07, 6.45) is 0. The van der Waals surface area contributed by atoms with Crippen LogP contribution in [0.2, 0.25) is 0 Å². The number of ether oxygens (including phenoxy) is 1. The second-order valence-corrected chi connectivity index (χ2v) is 3.80. The van der Waals surface area contributed by atoms with Crippen LogP contribution in [0.15, 0.2) is 18.2 Å². The fourth-order valence-electron chi connectivity index (χ4n) is 1.29. The highest BCUT2D eigenvalue weighted by atomic mass is 16.5. The van der Waals surface area contributed by atoms with Gasteiger partial charge in [0.05, 0.1) is 0 Å². The Morgan fingerprint density at radius 3 is 2.27 bits per heavy atom. The molecule has 82 valence electrons. The van der Waals surface area contributed by atoms with Crippen molar-refractivity contribution >= 4 is 5.91 Å². The van der Waals surface area contributed by atoms with E-state index in [2.05, 4.69) is 0 Å². The van der Waals surface area contributed by atoms with E-state index < -0.39 is 0 Å². The summed E-state index contributed by atoms with van der Waals surface area (Å²) in [6, 6.07) is 5.93. The van der Waals surface area contributed by atoms with Crippen molar-refractivity contribution < 1.29 is 9.53 Å². The largest absolute Gasteiger partial charge is 0.483 e. The minimum absolute atomic E-state index is 0.0300. The molecular formula is C12H17NO2. The highest BCUT2D eigenvalue weighted by Crippen LogP contribution is 2.22. The quantitative estimate of drug-likeness (QED) is 0.756. The molecule has 0 fully saturated rings. The maximum atomic E-state index is 11.3. The van der Waals surface area contributed by atoms with Crippen LogP contribution in [-0.4, -0.2) is 31.5 Å². The van der Waals surface area contributed by atoms with Crippen LogP contribution in [-0.2, 0) is 4.79 Å². The fraction of sp³-hybridized carbons (Fsp3) is 0.417. The molecule has 0 bridgehead atoms. The molecule has 0 saturated heterocycles. The Balaban J connectivity index is 2.69. The van der Waals surface area contributed by atoms with Crippen LogP contribution < -0.4 is 4.74 Å². The average molecular weight is 207 g/mol. The second-order valence-electron chi connectivity index (χ2n) is 3.80. The highest BCUT2D eigenvalue weighted by molar-refractivity contribution is 5.77. The monoisotopic (exact) mass is 207 g/mol. The fourth-order valence-corrected chi connectivity index (χ4v) is 1.29. The van der Waals surface area contributed by atoms with Crippen LogP contribution in [0.25, 0.3) is 0 Å². The molecule has 1 rings (SSSR count). The number of rotatable bonds is 3. The third-order valence-corrected chi connectivity index (χ3v) is 2.25. The zero-order chi connectivity index (χ0) is 11.4. The Bertz CT molecular complexity index is 338. The van der Waals surface area contributed by atoms with Crippen molar-refractivity contribution in [3.63, 3.8) is 0 Å². The lowest BCUT2D eigenvalue weighted by Gasteiger charge is -2.14. The van der Waals surface area contributed by atoms with Crippen LogP contribution in [0, 0.1) is 13.8 Å². The van der Waals surface area contributed by atoms with Gasteiger partial charge in [-0.05, 0) is 25.0 Å². The summed E-state index contributed by atoms with van der Waals surface area (Å²) in [5.41, 5.74) is 2.11. The van der Waals surface area contributed by atoms with Gasteiger partial charge in [-0.15, -0.1) is 0 Å². The van der Waals surface area contributed by atoms with E-state index in [0.29, 0.717) is 0 Å². The van der Waals surface area contributed by atoms with Gasteiger partial charge < -0.3 is 9.64 Å². The van der Waals surface area contributed by atoms with E-state index in [9.17, 15) is 4.79 Å². The van der Waals surface area contributed by atoms with Gasteiger partial charge >= 0.3 is 0 Å². The number of benzene rings is 1. The molecule has 1 amide bonds. The SMILES string of the molecule is Cc1cccc(C)c1OCC(=O)N(C)C. The van der Waals surface area contributed by atoms with Crippen LogP contribution in [0.1, 0.15) is 11.1 Å². The summed E-state index contributed by atoms with van der Waals surface area (Å²) >= 11 is 0. The summed E-state index contributed by atoms with van der Waals surface area (Å²) in [4.78, 5) is 12.9. The predicted octanol–water partition coefficient (Wildman–Crippen LogP) is 1.77. The molecule has 0 heterocycles. The van der Waals surface area contributed by atoms with Crippen LogP contribution in [0.4, 0.5) is 0 Å². The van der Waals surface area contributed by atoms with E-state index in [0.717, 1.165) is 16.9 Å². The Hall–Kier alpha value is -1.51. The van der Waals surface area contributed by atoms with Gasteiger partial charge in [-0.2, -0.15) is 0 Å². The van der Waals surface area contributed by atoms with Crippen molar-refractivity contribution in [2.24, 2.45) is 0 Å². The van der Waals surface area contributed by atoms with Crippen molar-refractivity contribution in [3.05, 3.63) is 29.3 Å². The molecule has 0 aliphatic heterocycles. The van der Waals surface area contributed by atoms with Crippen molar-refractivity contribution in [1.29, 1.82) is 0 Å². The van der Waals surface area contributed by atoms with Crippen molar-refractivity contribution in [3.8, 4) is 5.75 Å². The maximum Gasteiger partial charge on any atom is 0.259 e. The average Bonchev–Trinajstić information content (AvgIpc) is 2.16. The van der Waals surface area contributed by atoms with Crippen LogP contribution in [0.3, 0.4) is 0 Å². The van der Waals surface area contributed by atoms with Crippen molar-refractivity contribution in [1.82, 2.24) is 4.90 Å². The summed E-state index contributed by atoms with van der Waals surface area (Å²) in [5.74, 6) is 0.783. The third kappa shape index (κ3) is 2.98. The van der Waals surface area contributed by atoms with E-state index in [-0.39, 0.29) is 12.5 Å². The number of para-hydroxylation sites is 1. The zero-order valence-electron chi connectivity index (χ0n) is 9.70. The standard InChI is InChI=1S/C12H17NO2/c1-9-6-5-7-10(2)12(9)15-8-11(14)13(3)4/h5-7H,8H2,1-4H3. The number of likely N-dealkylation sites (N-methyl/N-ethyl adjacent to an activating group) is 1. The number of carbonyl (C=O) groups excluding carboxylic acids is 1. The summed E-state index contributed by atoms with van der Waals surface area (Å²) in [6.45, 7) is 4.05. The van der Waals surface area contributed by atoms with Gasteiger partial charge in [0.25, 0.3) is 5.91 Å². The third-order valence-electron chi connectivity index (χ3n) is 2.25. The number of carbonyl (C=O) groups is 1. The molecule has 15 heavy (non-hydrogen) atoms. The van der Waals surface area contributed by atoms with Crippen LogP contribution >= 0.6 is 0 Å². The first-order valence-corrected chi connectivity index (χ1v) is 4.91. The zero-order valence-corrected chi connectivity index (χ0v) is 9.70. The molecule has 0 atom stereocenters. The normalized spacial score (nSPS) is 9.87. The number of hydrogen-bond acceptors (Lipinski definition) is 2. The Morgan fingerprint density at radius 2 is 1.80 bits per heavy atom. The van der Waals surface area contributed by atoms with Crippen molar-refractivity contribution in [2.75, 3.05) is 20.7 Å². The van der Waals surface area contributed by atoms with E-state index >= 15 is 0 Å². The number of amides is 1. The minimum Gasteiger partial charge on any atom is -0.483 e. The molecule has 0 radical (unpaired) electrons. The van der Waals surface area contributed by atoms with Gasteiger partial charge in [0.1, 0.15) is 5.75 Å². The molecule has 0 aromatic heterocycles. The molecule has 1 aromatic rings. The number of aryl methyl sites for hydroxylation is 2. The molecule has 3 heteroatoms. The second kappa shape index (κ2) is 4.82. The molecule has 0 unspecified atom stereocenters. The molecule has 1 aromatic carbocycles. The van der Waals surface area contributed by atoms with Gasteiger partial charge in [0, 0.05) is 14.1 Å². The molecule has 0 aliphatic rings. The first-order valence-electron chi connectivity index (χ1n) is 4.91. The molecule has 0 spiro atoms. The Labute approximate surface area is 90.7 Å². The molecule has 0 saturated carbocycles. The lowest BCUT2D eigenvalue weighted by molar-refractivity contribution is -0.130. The van der Waals surface area contributed by atoms with E-state index in [1.54, 1.807) is 14.1 Å². The van der Waals surface area contributed by atoms with E-state index in [4.69, 9.17) is 4.74 Å². The summed E-state index contributed by atoms with van der Waals surface area (Å²) in [7, 11) is 3.44. The molecule has 0 N–H and O–H groups in total. The first kappa shape index (κ1) is 11.6. The van der Waals surface area contributed by atoms with Gasteiger partial charge in [-0.1, -0.05) is 18.2 Å². The van der Waals surface area contributed by atoms with Gasteiger partial charge in [0.15, 0.2) is 6.61 Å². The van der Waals surface area contributed by atoms with E-state index in [1.807, 2.05) is 32.0 Å². The van der Waals surface area contributed by atoms with Crippen LogP contribution in [0.5, 0.6) is 5.75 Å².